The highest BCUT2D eigenvalue weighted by Crippen LogP contribution is 2.23. The van der Waals surface area contributed by atoms with E-state index in [1.807, 2.05) is 54.3 Å². The molecule has 6 heteroatoms. The van der Waals surface area contributed by atoms with Gasteiger partial charge < -0.3 is 21.3 Å². The maximum absolute atomic E-state index is 12.9. The van der Waals surface area contributed by atoms with Crippen LogP contribution in [-0.4, -0.2) is 36.0 Å². The molecule has 4 N–H and O–H groups in total. The Kier molecular flexibility index (Phi) is 6.53. The Morgan fingerprint density at radius 2 is 1.71 bits per heavy atom. The Hall–Kier alpha value is -3.02. The number of primary amides is 1. The van der Waals surface area contributed by atoms with Crippen molar-refractivity contribution in [1.82, 2.24) is 10.2 Å². The number of para-hydroxylation sites is 1. The van der Waals surface area contributed by atoms with Crippen molar-refractivity contribution in [3.63, 3.8) is 0 Å². The number of hydrogen-bond acceptors (Lipinski definition) is 3. The summed E-state index contributed by atoms with van der Waals surface area (Å²) in [5, 5.41) is 6.26. The summed E-state index contributed by atoms with van der Waals surface area (Å²) in [6.07, 6.45) is 2.02. The molecular weight excluding hydrogens is 352 g/mol. The van der Waals surface area contributed by atoms with Gasteiger partial charge in [0.15, 0.2) is 0 Å². The second-order valence-electron chi connectivity index (χ2n) is 7.29. The molecule has 1 saturated heterocycles. The molecule has 0 aliphatic carbocycles. The van der Waals surface area contributed by atoms with E-state index in [2.05, 4.69) is 22.8 Å². The van der Waals surface area contributed by atoms with E-state index >= 15 is 0 Å². The smallest absolute Gasteiger partial charge is 0.312 e. The number of piperidine rings is 1. The second kappa shape index (κ2) is 9.26. The Labute approximate surface area is 166 Å². The predicted octanol–water partition coefficient (Wildman–Crippen LogP) is 3.20. The van der Waals surface area contributed by atoms with Gasteiger partial charge in [-0.05, 0) is 43.0 Å². The first kappa shape index (κ1) is 19.7. The fourth-order valence-corrected chi connectivity index (χ4v) is 3.74. The summed E-state index contributed by atoms with van der Waals surface area (Å²) in [5.41, 5.74) is 8.41. The number of likely N-dealkylation sites (tertiary alicyclic amines) is 1. The number of nitrogens with one attached hydrogen (secondary N) is 2. The number of hydrogen-bond donors (Lipinski definition) is 3. The average Bonchev–Trinajstić information content (AvgIpc) is 2.69. The molecule has 0 spiro atoms. The van der Waals surface area contributed by atoms with Crippen LogP contribution in [0.25, 0.3) is 0 Å². The number of benzene rings is 2. The number of anilines is 1. The van der Waals surface area contributed by atoms with Crippen molar-refractivity contribution in [3.8, 4) is 0 Å². The summed E-state index contributed by atoms with van der Waals surface area (Å²) in [4.78, 5) is 26.2. The highest BCUT2D eigenvalue weighted by atomic mass is 16.2. The van der Waals surface area contributed by atoms with Crippen LogP contribution in [0, 0.1) is 6.92 Å². The maximum atomic E-state index is 12.9. The van der Waals surface area contributed by atoms with Crippen LogP contribution in [0.2, 0.25) is 0 Å². The Morgan fingerprint density at radius 3 is 2.36 bits per heavy atom. The van der Waals surface area contributed by atoms with Gasteiger partial charge in [-0.2, -0.15) is 0 Å². The zero-order chi connectivity index (χ0) is 19.9. The van der Waals surface area contributed by atoms with Crippen molar-refractivity contribution >= 4 is 17.6 Å². The summed E-state index contributed by atoms with van der Waals surface area (Å²) >= 11 is 0. The second-order valence-corrected chi connectivity index (χ2v) is 7.29. The molecule has 6 nitrogen and oxygen atoms in total. The molecule has 0 bridgehead atoms. The van der Waals surface area contributed by atoms with Crippen LogP contribution in [0.15, 0.2) is 54.6 Å². The number of nitrogens with two attached hydrogens (primary N) is 1. The van der Waals surface area contributed by atoms with Gasteiger partial charge in [0.2, 0.25) is 5.91 Å². The van der Waals surface area contributed by atoms with Crippen LogP contribution in [0.4, 0.5) is 10.5 Å². The molecular formula is C22H28N4O2. The first-order valence-electron chi connectivity index (χ1n) is 9.74. The number of urea groups is 1. The van der Waals surface area contributed by atoms with Crippen LogP contribution in [-0.2, 0) is 4.79 Å². The van der Waals surface area contributed by atoms with Crippen molar-refractivity contribution in [3.05, 3.63) is 65.7 Å². The van der Waals surface area contributed by atoms with Crippen molar-refractivity contribution < 1.29 is 9.59 Å². The monoisotopic (exact) mass is 380 g/mol. The lowest BCUT2D eigenvalue weighted by Crippen LogP contribution is -2.44. The number of amides is 3. The highest BCUT2D eigenvalue weighted by Gasteiger charge is 2.26. The van der Waals surface area contributed by atoms with E-state index < -0.39 is 12.1 Å². The van der Waals surface area contributed by atoms with E-state index in [9.17, 15) is 9.59 Å². The number of rotatable bonds is 6. The lowest BCUT2D eigenvalue weighted by atomic mass is 9.97. The van der Waals surface area contributed by atoms with Gasteiger partial charge in [-0.15, -0.1) is 0 Å². The van der Waals surface area contributed by atoms with Gasteiger partial charge in [-0.3, -0.25) is 4.79 Å². The third-order valence-corrected chi connectivity index (χ3v) is 5.25. The molecule has 2 aromatic carbocycles. The van der Waals surface area contributed by atoms with Gasteiger partial charge in [0.1, 0.15) is 0 Å². The molecule has 1 fully saturated rings. The quantitative estimate of drug-likeness (QED) is 0.719. The standard InChI is InChI=1S/C22H28N4O2/c1-16-7-5-6-10-19(16)20(25-22(23)28)15-21(27)26-13-11-18(12-14-26)24-17-8-3-2-4-9-17/h2-10,18,20,24H,11-15H2,1H3,(H3,23,25,28). The Bertz CT molecular complexity index is 801. The van der Waals surface area contributed by atoms with Gasteiger partial charge in [-0.25, -0.2) is 4.79 Å². The SMILES string of the molecule is Cc1ccccc1C(CC(=O)N1CCC(Nc2ccccc2)CC1)NC(N)=O. The first-order valence-corrected chi connectivity index (χ1v) is 9.74. The zero-order valence-electron chi connectivity index (χ0n) is 16.2. The summed E-state index contributed by atoms with van der Waals surface area (Å²) in [5.74, 6) is 0.0418. The fourth-order valence-electron chi connectivity index (χ4n) is 3.74. The van der Waals surface area contributed by atoms with Gasteiger partial charge in [0, 0.05) is 24.8 Å². The van der Waals surface area contributed by atoms with Gasteiger partial charge in [0.05, 0.1) is 12.5 Å². The number of carbonyl (C=O) groups is 2. The van der Waals surface area contributed by atoms with Crippen molar-refractivity contribution in [2.45, 2.75) is 38.3 Å². The van der Waals surface area contributed by atoms with E-state index in [0.717, 1.165) is 29.7 Å². The van der Waals surface area contributed by atoms with E-state index in [1.54, 1.807) is 0 Å². The summed E-state index contributed by atoms with van der Waals surface area (Å²) in [6, 6.07) is 17.2. The minimum Gasteiger partial charge on any atom is -0.382 e. The Balaban J connectivity index is 1.57. The minimum atomic E-state index is -0.619. The van der Waals surface area contributed by atoms with Crippen LogP contribution in [0.1, 0.15) is 36.4 Å². The molecule has 148 valence electrons. The summed E-state index contributed by atoms with van der Waals surface area (Å²) in [6.45, 7) is 3.39. The van der Waals surface area contributed by atoms with Gasteiger partial charge in [0.25, 0.3) is 0 Å². The first-order chi connectivity index (χ1) is 13.5. The molecule has 0 aromatic heterocycles. The molecule has 0 radical (unpaired) electrons. The number of aryl methyl sites for hydroxylation is 1. The molecule has 2 aromatic rings. The minimum absolute atomic E-state index is 0.0418. The highest BCUT2D eigenvalue weighted by molar-refractivity contribution is 5.79. The topological polar surface area (TPSA) is 87.5 Å². The van der Waals surface area contributed by atoms with Crippen molar-refractivity contribution in [2.24, 2.45) is 5.73 Å². The molecule has 0 saturated carbocycles. The van der Waals surface area contributed by atoms with Crippen LogP contribution >= 0.6 is 0 Å². The number of carbonyl (C=O) groups excluding carboxylic acids is 2. The van der Waals surface area contributed by atoms with Crippen LogP contribution in [0.3, 0.4) is 0 Å². The van der Waals surface area contributed by atoms with Gasteiger partial charge in [-0.1, -0.05) is 42.5 Å². The van der Waals surface area contributed by atoms with E-state index in [0.29, 0.717) is 19.1 Å². The number of nitrogens with zero attached hydrogens (tertiary/aromatic N) is 1. The third-order valence-electron chi connectivity index (χ3n) is 5.25. The third kappa shape index (κ3) is 5.25. The van der Waals surface area contributed by atoms with Crippen LogP contribution in [0.5, 0.6) is 0 Å². The van der Waals surface area contributed by atoms with Gasteiger partial charge >= 0.3 is 6.03 Å². The van der Waals surface area contributed by atoms with E-state index in [-0.39, 0.29) is 12.3 Å². The molecule has 28 heavy (non-hydrogen) atoms. The molecule has 1 aliphatic heterocycles. The molecule has 3 rings (SSSR count). The normalized spacial score (nSPS) is 15.7. The largest absolute Gasteiger partial charge is 0.382 e. The molecule has 1 atom stereocenters. The van der Waals surface area contributed by atoms with Crippen LogP contribution < -0.4 is 16.4 Å². The van der Waals surface area contributed by atoms with Crippen molar-refractivity contribution in [1.29, 1.82) is 0 Å². The molecule has 1 heterocycles. The Morgan fingerprint density at radius 1 is 1.07 bits per heavy atom. The summed E-state index contributed by atoms with van der Waals surface area (Å²) in [7, 11) is 0. The molecule has 3 amide bonds. The molecule has 1 aliphatic rings. The maximum Gasteiger partial charge on any atom is 0.312 e. The summed E-state index contributed by atoms with van der Waals surface area (Å²) < 4.78 is 0. The van der Waals surface area contributed by atoms with Crippen molar-refractivity contribution in [2.75, 3.05) is 18.4 Å². The van der Waals surface area contributed by atoms with E-state index in [1.165, 1.54) is 0 Å². The predicted molar refractivity (Wildman–Crippen MR) is 111 cm³/mol. The lowest BCUT2D eigenvalue weighted by Gasteiger charge is -2.34. The average molecular weight is 380 g/mol. The lowest BCUT2D eigenvalue weighted by molar-refractivity contribution is -0.132. The fraction of sp³-hybridized carbons (Fsp3) is 0.364. The van der Waals surface area contributed by atoms with E-state index in [4.69, 9.17) is 5.73 Å². The zero-order valence-corrected chi connectivity index (χ0v) is 16.2. The molecule has 1 unspecified atom stereocenters.